The molecule has 0 bridgehead atoms. The third kappa shape index (κ3) is 3.29. The molecule has 0 aromatic heterocycles. The second kappa shape index (κ2) is 5.81. The van der Waals surface area contributed by atoms with Crippen LogP contribution >= 0.6 is 0 Å². The Hall–Kier alpha value is -1.38. The van der Waals surface area contributed by atoms with E-state index in [1.807, 2.05) is 62.4 Å². The summed E-state index contributed by atoms with van der Waals surface area (Å²) in [5, 5.41) is 0. The average Bonchev–Trinajstić information content (AvgIpc) is 2.34. The molecule has 0 radical (unpaired) electrons. The molecule has 0 atom stereocenters. The van der Waals surface area contributed by atoms with E-state index in [-0.39, 0.29) is 0 Å². The van der Waals surface area contributed by atoms with Gasteiger partial charge in [-0.1, -0.05) is 0 Å². The molecule has 0 saturated carbocycles. The third-order valence-corrected chi connectivity index (χ3v) is 3.31. The van der Waals surface area contributed by atoms with Crippen LogP contribution in [-0.4, -0.2) is 0 Å². The molecular formula is C14H14O2V. The molecule has 87 valence electrons. The van der Waals surface area contributed by atoms with Gasteiger partial charge in [0.25, 0.3) is 0 Å². The Labute approximate surface area is 109 Å². The van der Waals surface area contributed by atoms with Crippen molar-refractivity contribution < 1.29 is 24.3 Å². The first-order valence-corrected chi connectivity index (χ1v) is 6.57. The van der Waals surface area contributed by atoms with Crippen molar-refractivity contribution in [2.75, 3.05) is 0 Å². The number of hydrogen-bond acceptors (Lipinski definition) is 2. The minimum absolute atomic E-state index is 0.619. The Morgan fingerprint density at radius 3 is 1.53 bits per heavy atom. The van der Waals surface area contributed by atoms with Crippen LogP contribution in [0.1, 0.15) is 11.1 Å². The molecule has 2 nitrogen and oxygen atoms in total. The van der Waals surface area contributed by atoms with Crippen LogP contribution < -0.4 is 7.32 Å². The van der Waals surface area contributed by atoms with Gasteiger partial charge >= 0.3 is 109 Å². The standard InChI is InChI=1S/2C7H8O.V/c2*1-6-4-2-3-5-7(6)8;/h2*2-5,8H,1H3;/q;;+2/p-2. The molecule has 0 unspecified atom stereocenters. The summed E-state index contributed by atoms with van der Waals surface area (Å²) < 4.78 is 11.3. The summed E-state index contributed by atoms with van der Waals surface area (Å²) in [5.41, 5.74) is 2.27. The number of rotatable bonds is 4. The predicted molar refractivity (Wildman–Crippen MR) is 63.6 cm³/mol. The third-order valence-electron chi connectivity index (χ3n) is 2.46. The molecule has 0 heterocycles. The molecule has 0 spiro atoms. The van der Waals surface area contributed by atoms with E-state index in [1.54, 1.807) is 0 Å². The molecule has 0 fully saturated rings. The maximum atomic E-state index is 5.67. The molecule has 2 rings (SSSR count). The van der Waals surface area contributed by atoms with Crippen molar-refractivity contribution >= 4 is 0 Å². The Morgan fingerprint density at radius 1 is 0.706 bits per heavy atom. The number of hydrogen-bond donors (Lipinski definition) is 0. The van der Waals surface area contributed by atoms with E-state index in [0.29, 0.717) is 0 Å². The monoisotopic (exact) mass is 265 g/mol. The van der Waals surface area contributed by atoms with Gasteiger partial charge in [0, 0.05) is 0 Å². The summed E-state index contributed by atoms with van der Waals surface area (Å²) in [4.78, 5) is 0. The molecule has 2 aromatic carbocycles. The summed E-state index contributed by atoms with van der Waals surface area (Å²) in [6, 6.07) is 15.9. The van der Waals surface area contributed by atoms with E-state index in [2.05, 4.69) is 0 Å². The van der Waals surface area contributed by atoms with Crippen LogP contribution in [0, 0.1) is 13.8 Å². The molecule has 0 amide bonds. The van der Waals surface area contributed by atoms with Crippen molar-refractivity contribution in [3.63, 3.8) is 0 Å². The Morgan fingerprint density at radius 2 is 1.12 bits per heavy atom. The van der Waals surface area contributed by atoms with Crippen molar-refractivity contribution in [1.29, 1.82) is 0 Å². The fraction of sp³-hybridized carbons (Fsp3) is 0.143. The Bertz CT molecular complexity index is 452. The van der Waals surface area contributed by atoms with Crippen molar-refractivity contribution in [2.24, 2.45) is 0 Å². The van der Waals surface area contributed by atoms with Crippen LogP contribution in [0.15, 0.2) is 48.5 Å². The van der Waals surface area contributed by atoms with Gasteiger partial charge in [-0.2, -0.15) is 0 Å². The summed E-state index contributed by atoms with van der Waals surface area (Å²) in [6.45, 7) is 4.06. The summed E-state index contributed by atoms with van der Waals surface area (Å²) >= 11 is -0.619. The molecule has 0 N–H and O–H groups in total. The summed E-state index contributed by atoms with van der Waals surface area (Å²) in [7, 11) is 0. The van der Waals surface area contributed by atoms with E-state index in [1.165, 1.54) is 0 Å². The van der Waals surface area contributed by atoms with Crippen molar-refractivity contribution in [3.05, 3.63) is 59.7 Å². The average molecular weight is 265 g/mol. The summed E-state index contributed by atoms with van der Waals surface area (Å²) in [5.74, 6) is 1.81. The maximum absolute atomic E-state index is 5.67. The first-order valence-electron chi connectivity index (χ1n) is 5.43. The SMILES string of the molecule is Cc1ccccc1[O][V][O]c1ccccc1C. The normalized spacial score (nSPS) is 9.76. The number of benzene rings is 2. The zero-order valence-corrected chi connectivity index (χ0v) is 11.3. The van der Waals surface area contributed by atoms with Crippen LogP contribution in [-0.2, 0) is 17.0 Å². The van der Waals surface area contributed by atoms with Gasteiger partial charge in [0.1, 0.15) is 0 Å². The van der Waals surface area contributed by atoms with Gasteiger partial charge in [0.15, 0.2) is 0 Å². The molecule has 2 aromatic rings. The molecular weight excluding hydrogens is 251 g/mol. The molecule has 17 heavy (non-hydrogen) atoms. The molecule has 0 saturated heterocycles. The molecule has 0 aliphatic heterocycles. The second-order valence-electron chi connectivity index (χ2n) is 3.79. The van der Waals surface area contributed by atoms with Crippen LogP contribution in [0.4, 0.5) is 0 Å². The zero-order chi connectivity index (χ0) is 12.1. The fourth-order valence-corrected chi connectivity index (χ4v) is 2.37. The van der Waals surface area contributed by atoms with E-state index in [4.69, 9.17) is 7.32 Å². The number of aryl methyl sites for hydroxylation is 2. The van der Waals surface area contributed by atoms with Gasteiger partial charge in [0.2, 0.25) is 0 Å². The van der Waals surface area contributed by atoms with Gasteiger partial charge < -0.3 is 0 Å². The topological polar surface area (TPSA) is 18.5 Å². The van der Waals surface area contributed by atoms with E-state index in [9.17, 15) is 0 Å². The first-order chi connectivity index (χ1) is 8.27. The van der Waals surface area contributed by atoms with Crippen LogP contribution in [0.2, 0.25) is 0 Å². The summed E-state index contributed by atoms with van der Waals surface area (Å²) in [6.07, 6.45) is 0. The van der Waals surface area contributed by atoms with Gasteiger partial charge in [0.05, 0.1) is 0 Å². The zero-order valence-electron chi connectivity index (χ0n) is 9.88. The first kappa shape index (κ1) is 12.1. The van der Waals surface area contributed by atoms with E-state index >= 15 is 0 Å². The van der Waals surface area contributed by atoms with Gasteiger partial charge in [-0.3, -0.25) is 0 Å². The quantitative estimate of drug-likeness (QED) is 0.839. The van der Waals surface area contributed by atoms with Crippen molar-refractivity contribution in [3.8, 4) is 11.5 Å². The van der Waals surface area contributed by atoms with Gasteiger partial charge in [-0.15, -0.1) is 0 Å². The van der Waals surface area contributed by atoms with Crippen LogP contribution in [0.3, 0.4) is 0 Å². The fourth-order valence-electron chi connectivity index (χ4n) is 1.42. The molecule has 3 heteroatoms. The van der Waals surface area contributed by atoms with Crippen LogP contribution in [0.5, 0.6) is 11.5 Å². The van der Waals surface area contributed by atoms with Crippen LogP contribution in [0.25, 0.3) is 0 Å². The second-order valence-corrected chi connectivity index (χ2v) is 4.59. The molecule has 0 aliphatic carbocycles. The molecule has 0 aliphatic rings. The Kier molecular flexibility index (Phi) is 4.13. The van der Waals surface area contributed by atoms with Crippen molar-refractivity contribution in [2.45, 2.75) is 13.8 Å². The minimum atomic E-state index is -0.619. The number of para-hydroxylation sites is 2. The van der Waals surface area contributed by atoms with E-state index < -0.39 is 17.0 Å². The van der Waals surface area contributed by atoms with Gasteiger partial charge in [-0.25, -0.2) is 0 Å². The van der Waals surface area contributed by atoms with Gasteiger partial charge in [-0.05, 0) is 0 Å². The predicted octanol–water partition coefficient (Wildman–Crippen LogP) is 3.67. The Balaban J connectivity index is 1.93. The van der Waals surface area contributed by atoms with E-state index in [0.717, 1.165) is 22.6 Å². The van der Waals surface area contributed by atoms with Crippen molar-refractivity contribution in [1.82, 2.24) is 0 Å².